The number of carbonyl (C=O) groups is 1. The van der Waals surface area contributed by atoms with E-state index in [1.807, 2.05) is 31.0 Å². The molecule has 18 heavy (non-hydrogen) atoms. The topological polar surface area (TPSA) is 54.5 Å². The van der Waals surface area contributed by atoms with Crippen LogP contribution in [0, 0.1) is 6.92 Å². The third-order valence-electron chi connectivity index (χ3n) is 3.49. The molecule has 1 aromatic rings. The Balaban J connectivity index is 2.24. The maximum atomic E-state index is 11.5. The van der Waals surface area contributed by atoms with Gasteiger partial charge in [-0.05, 0) is 37.1 Å². The lowest BCUT2D eigenvalue weighted by molar-refractivity contribution is 0.112. The molecule has 0 aromatic heterocycles. The van der Waals surface area contributed by atoms with Gasteiger partial charge >= 0.3 is 0 Å². The van der Waals surface area contributed by atoms with E-state index in [1.165, 1.54) is 0 Å². The van der Waals surface area contributed by atoms with Gasteiger partial charge in [-0.25, -0.2) is 8.42 Å². The van der Waals surface area contributed by atoms with Gasteiger partial charge in [-0.2, -0.15) is 0 Å². The van der Waals surface area contributed by atoms with Gasteiger partial charge in [-0.1, -0.05) is 0 Å². The predicted octanol–water partition coefficient (Wildman–Crippen LogP) is 1.43. The number of hydrogen-bond donors (Lipinski definition) is 0. The Morgan fingerprint density at radius 2 is 2.11 bits per heavy atom. The van der Waals surface area contributed by atoms with E-state index in [1.54, 1.807) is 6.07 Å². The third-order valence-corrected chi connectivity index (χ3v) is 5.24. The van der Waals surface area contributed by atoms with Crippen molar-refractivity contribution in [3.05, 3.63) is 29.3 Å². The largest absolute Gasteiger partial charge is 0.370 e. The number of benzene rings is 1. The Labute approximate surface area is 108 Å². The average Bonchev–Trinajstić information content (AvgIpc) is 2.68. The molecule has 0 spiro atoms. The fourth-order valence-electron chi connectivity index (χ4n) is 2.43. The smallest absolute Gasteiger partial charge is 0.152 e. The summed E-state index contributed by atoms with van der Waals surface area (Å²) in [5, 5.41) is 0. The summed E-state index contributed by atoms with van der Waals surface area (Å²) in [5.74, 6) is 0.492. The molecule has 0 aliphatic carbocycles. The molecule has 1 fully saturated rings. The van der Waals surface area contributed by atoms with Crippen LogP contribution in [0.15, 0.2) is 18.2 Å². The Bertz CT molecular complexity index is 566. The average molecular weight is 267 g/mol. The lowest BCUT2D eigenvalue weighted by atomic mass is 10.1. The van der Waals surface area contributed by atoms with E-state index in [-0.39, 0.29) is 17.5 Å². The molecular weight excluding hydrogens is 250 g/mol. The van der Waals surface area contributed by atoms with Crippen molar-refractivity contribution in [1.82, 2.24) is 0 Å². The Morgan fingerprint density at radius 3 is 2.61 bits per heavy atom. The van der Waals surface area contributed by atoms with Gasteiger partial charge in [-0.3, -0.25) is 4.79 Å². The van der Waals surface area contributed by atoms with Gasteiger partial charge in [0.1, 0.15) is 6.29 Å². The van der Waals surface area contributed by atoms with E-state index in [2.05, 4.69) is 0 Å². The first-order chi connectivity index (χ1) is 8.43. The van der Waals surface area contributed by atoms with E-state index in [0.717, 1.165) is 17.5 Å². The van der Waals surface area contributed by atoms with Gasteiger partial charge in [-0.15, -0.1) is 0 Å². The van der Waals surface area contributed by atoms with Gasteiger partial charge in [0, 0.05) is 24.3 Å². The van der Waals surface area contributed by atoms with Crippen molar-refractivity contribution >= 4 is 21.8 Å². The Kier molecular flexibility index (Phi) is 3.43. The van der Waals surface area contributed by atoms with Crippen molar-refractivity contribution in [2.24, 2.45) is 0 Å². The summed E-state index contributed by atoms with van der Waals surface area (Å²) in [7, 11) is -0.961. The minimum atomic E-state index is -2.87. The normalized spacial score (nSPS) is 21.8. The van der Waals surface area contributed by atoms with Crippen molar-refractivity contribution in [3.63, 3.8) is 0 Å². The van der Waals surface area contributed by atoms with Crippen molar-refractivity contribution < 1.29 is 13.2 Å². The maximum Gasteiger partial charge on any atom is 0.152 e. The van der Waals surface area contributed by atoms with Crippen LogP contribution in [-0.4, -0.2) is 39.3 Å². The summed E-state index contributed by atoms with van der Waals surface area (Å²) in [6.07, 6.45) is 1.49. The standard InChI is InChI=1S/C13H17NO3S/c1-10-7-11(8-15)3-4-13(10)14(2)12-5-6-18(16,17)9-12/h3-4,7-8,12H,5-6,9H2,1-2H3. The molecule has 1 heterocycles. The molecule has 1 saturated heterocycles. The highest BCUT2D eigenvalue weighted by Gasteiger charge is 2.31. The fraction of sp³-hybridized carbons (Fsp3) is 0.462. The zero-order valence-electron chi connectivity index (χ0n) is 10.6. The van der Waals surface area contributed by atoms with Gasteiger partial charge in [0.05, 0.1) is 11.5 Å². The van der Waals surface area contributed by atoms with Gasteiger partial charge in [0.25, 0.3) is 0 Å². The van der Waals surface area contributed by atoms with Crippen LogP contribution in [0.2, 0.25) is 0 Å². The molecule has 5 heteroatoms. The lowest BCUT2D eigenvalue weighted by Crippen LogP contribution is -2.33. The van der Waals surface area contributed by atoms with Crippen LogP contribution < -0.4 is 4.90 Å². The second-order valence-corrected chi connectivity index (χ2v) is 7.06. The van der Waals surface area contributed by atoms with Crippen LogP contribution in [0.1, 0.15) is 22.3 Å². The molecule has 2 rings (SSSR count). The molecule has 0 N–H and O–H groups in total. The summed E-state index contributed by atoms with van der Waals surface area (Å²) in [6.45, 7) is 1.93. The summed E-state index contributed by atoms with van der Waals surface area (Å²) in [5.41, 5.74) is 2.62. The summed E-state index contributed by atoms with van der Waals surface area (Å²) < 4.78 is 23.0. The highest BCUT2D eigenvalue weighted by molar-refractivity contribution is 7.91. The zero-order chi connectivity index (χ0) is 13.3. The Hall–Kier alpha value is -1.36. The van der Waals surface area contributed by atoms with E-state index < -0.39 is 9.84 Å². The number of anilines is 1. The number of aryl methyl sites for hydroxylation is 1. The van der Waals surface area contributed by atoms with E-state index in [4.69, 9.17) is 0 Å². The monoisotopic (exact) mass is 267 g/mol. The summed E-state index contributed by atoms with van der Waals surface area (Å²) >= 11 is 0. The van der Waals surface area contributed by atoms with Gasteiger partial charge in [0.2, 0.25) is 0 Å². The SMILES string of the molecule is Cc1cc(C=O)ccc1N(C)C1CCS(=O)(=O)C1. The second-order valence-electron chi connectivity index (χ2n) is 4.83. The molecular formula is C13H17NO3S. The molecule has 0 amide bonds. The highest BCUT2D eigenvalue weighted by Crippen LogP contribution is 2.26. The van der Waals surface area contributed by atoms with Crippen LogP contribution >= 0.6 is 0 Å². The number of aldehydes is 1. The second kappa shape index (κ2) is 4.72. The van der Waals surface area contributed by atoms with Crippen molar-refractivity contribution in [2.45, 2.75) is 19.4 Å². The minimum Gasteiger partial charge on any atom is -0.370 e. The first kappa shape index (κ1) is 13.1. The zero-order valence-corrected chi connectivity index (χ0v) is 11.4. The van der Waals surface area contributed by atoms with Crippen LogP contribution in [0.5, 0.6) is 0 Å². The van der Waals surface area contributed by atoms with E-state index in [0.29, 0.717) is 12.0 Å². The van der Waals surface area contributed by atoms with Crippen LogP contribution in [0.25, 0.3) is 0 Å². The maximum absolute atomic E-state index is 11.5. The first-order valence-corrected chi connectivity index (χ1v) is 7.74. The molecule has 98 valence electrons. The predicted molar refractivity (Wildman–Crippen MR) is 72.0 cm³/mol. The van der Waals surface area contributed by atoms with Crippen molar-refractivity contribution in [3.8, 4) is 0 Å². The molecule has 1 unspecified atom stereocenters. The minimum absolute atomic E-state index is 0.0378. The molecule has 0 bridgehead atoms. The fourth-order valence-corrected chi connectivity index (χ4v) is 4.20. The van der Waals surface area contributed by atoms with Crippen LogP contribution in [0.4, 0.5) is 5.69 Å². The summed E-state index contributed by atoms with van der Waals surface area (Å²) in [6, 6.07) is 5.50. The van der Waals surface area contributed by atoms with Crippen LogP contribution in [0.3, 0.4) is 0 Å². The van der Waals surface area contributed by atoms with Crippen molar-refractivity contribution in [2.75, 3.05) is 23.5 Å². The molecule has 1 aliphatic rings. The molecule has 1 aliphatic heterocycles. The van der Waals surface area contributed by atoms with Crippen molar-refractivity contribution in [1.29, 1.82) is 0 Å². The number of hydrogen-bond acceptors (Lipinski definition) is 4. The molecule has 0 saturated carbocycles. The third kappa shape index (κ3) is 2.56. The van der Waals surface area contributed by atoms with Gasteiger partial charge < -0.3 is 4.90 Å². The number of rotatable bonds is 3. The molecule has 4 nitrogen and oxygen atoms in total. The number of nitrogens with zero attached hydrogens (tertiary/aromatic N) is 1. The van der Waals surface area contributed by atoms with Crippen LogP contribution in [-0.2, 0) is 9.84 Å². The van der Waals surface area contributed by atoms with Gasteiger partial charge in [0.15, 0.2) is 9.84 Å². The number of sulfone groups is 1. The van der Waals surface area contributed by atoms with E-state index >= 15 is 0 Å². The lowest BCUT2D eigenvalue weighted by Gasteiger charge is -2.27. The molecule has 1 aromatic carbocycles. The highest BCUT2D eigenvalue weighted by atomic mass is 32.2. The quantitative estimate of drug-likeness (QED) is 0.777. The molecule has 0 radical (unpaired) electrons. The molecule has 1 atom stereocenters. The Morgan fingerprint density at radius 1 is 1.39 bits per heavy atom. The first-order valence-electron chi connectivity index (χ1n) is 5.92. The van der Waals surface area contributed by atoms with E-state index in [9.17, 15) is 13.2 Å². The number of carbonyl (C=O) groups excluding carboxylic acids is 1. The summed E-state index contributed by atoms with van der Waals surface area (Å²) in [4.78, 5) is 12.7.